The van der Waals surface area contributed by atoms with E-state index in [0.29, 0.717) is 6.61 Å². The lowest BCUT2D eigenvalue weighted by Crippen LogP contribution is -2.06. The van der Waals surface area contributed by atoms with Crippen LogP contribution in [0.1, 0.15) is 26.7 Å². The molecule has 0 aromatic heterocycles. The number of carbonyl (C=O) groups excluding carboxylic acids is 1. The highest BCUT2D eigenvalue weighted by Crippen LogP contribution is 2.00. The van der Waals surface area contributed by atoms with E-state index < -0.39 is 5.97 Å². The van der Waals surface area contributed by atoms with Gasteiger partial charge in [-0.2, -0.15) is 5.26 Å². The van der Waals surface area contributed by atoms with E-state index in [0.717, 1.165) is 12.8 Å². The normalized spacial score (nSPS) is 10.6. The second-order valence-electron chi connectivity index (χ2n) is 2.24. The molecule has 0 aromatic carbocycles. The van der Waals surface area contributed by atoms with Gasteiger partial charge in [0, 0.05) is 0 Å². The van der Waals surface area contributed by atoms with Crippen LogP contribution < -0.4 is 0 Å². The molecule has 0 amide bonds. The molecule has 0 aliphatic carbocycles. The third-order valence-electron chi connectivity index (χ3n) is 1.25. The molecule has 3 heteroatoms. The van der Waals surface area contributed by atoms with Crippen molar-refractivity contribution in [2.75, 3.05) is 6.61 Å². The number of hydrogen-bond acceptors (Lipinski definition) is 3. The van der Waals surface area contributed by atoms with Gasteiger partial charge in [0.15, 0.2) is 0 Å². The van der Waals surface area contributed by atoms with Gasteiger partial charge in [0.1, 0.15) is 11.6 Å². The zero-order valence-corrected chi connectivity index (χ0v) is 7.46. The number of carbonyl (C=O) groups is 1. The fraction of sp³-hybridized carbons (Fsp3) is 0.556. The molecule has 0 fully saturated rings. The minimum Gasteiger partial charge on any atom is -0.462 e. The van der Waals surface area contributed by atoms with Gasteiger partial charge in [-0.3, -0.25) is 0 Å². The Morgan fingerprint density at radius 3 is 2.67 bits per heavy atom. The summed E-state index contributed by atoms with van der Waals surface area (Å²) >= 11 is 0. The van der Waals surface area contributed by atoms with Crippen LogP contribution in [-0.2, 0) is 9.53 Å². The average Bonchev–Trinajstić information content (AvgIpc) is 2.06. The molecule has 66 valence electrons. The number of rotatable bonds is 4. The van der Waals surface area contributed by atoms with E-state index in [1.54, 1.807) is 13.0 Å². The van der Waals surface area contributed by atoms with Crippen LogP contribution in [0.2, 0.25) is 0 Å². The van der Waals surface area contributed by atoms with E-state index in [9.17, 15) is 4.79 Å². The van der Waals surface area contributed by atoms with Crippen molar-refractivity contribution in [1.29, 1.82) is 5.26 Å². The zero-order chi connectivity index (χ0) is 9.40. The number of allylic oxidation sites excluding steroid dienone is 1. The van der Waals surface area contributed by atoms with Crippen LogP contribution >= 0.6 is 0 Å². The van der Waals surface area contributed by atoms with Crippen LogP contribution in [0, 0.1) is 11.3 Å². The first kappa shape index (κ1) is 10.7. The summed E-state index contributed by atoms with van der Waals surface area (Å²) in [6.07, 6.45) is 3.27. The lowest BCUT2D eigenvalue weighted by molar-refractivity contribution is -0.138. The monoisotopic (exact) mass is 167 g/mol. The summed E-state index contributed by atoms with van der Waals surface area (Å²) in [5.74, 6) is -0.520. The number of nitriles is 1. The Morgan fingerprint density at radius 1 is 1.58 bits per heavy atom. The molecule has 0 aliphatic heterocycles. The third-order valence-corrected chi connectivity index (χ3v) is 1.25. The number of hydrogen-bond donors (Lipinski definition) is 0. The van der Waals surface area contributed by atoms with Crippen LogP contribution in [0.3, 0.4) is 0 Å². The first-order valence-corrected chi connectivity index (χ1v) is 4.03. The van der Waals surface area contributed by atoms with Gasteiger partial charge < -0.3 is 4.74 Å². The highest BCUT2D eigenvalue weighted by Gasteiger charge is 2.07. The molecule has 0 spiro atoms. The third kappa shape index (κ3) is 3.77. The number of nitrogens with zero attached hydrogens (tertiary/aromatic N) is 1. The van der Waals surface area contributed by atoms with Gasteiger partial charge >= 0.3 is 5.97 Å². The maximum Gasteiger partial charge on any atom is 0.348 e. The van der Waals surface area contributed by atoms with Crippen molar-refractivity contribution in [2.24, 2.45) is 0 Å². The quantitative estimate of drug-likeness (QED) is 0.364. The molecule has 0 unspecified atom stereocenters. The molecular formula is C9H13NO2. The number of ether oxygens (including phenoxy) is 1. The molecule has 0 aliphatic rings. The lowest BCUT2D eigenvalue weighted by atomic mass is 10.2. The minimum absolute atomic E-state index is 0.110. The summed E-state index contributed by atoms with van der Waals surface area (Å²) < 4.78 is 4.66. The van der Waals surface area contributed by atoms with Gasteiger partial charge in [0.05, 0.1) is 6.61 Å². The first-order chi connectivity index (χ1) is 5.76. The van der Waals surface area contributed by atoms with E-state index in [2.05, 4.69) is 4.74 Å². The molecule has 0 aromatic rings. The predicted molar refractivity (Wildman–Crippen MR) is 45.2 cm³/mol. The molecule has 0 radical (unpaired) electrons. The molecule has 0 bridgehead atoms. The molecule has 0 N–H and O–H groups in total. The Bertz CT molecular complexity index is 213. The maximum atomic E-state index is 11.0. The van der Waals surface area contributed by atoms with Crippen LogP contribution in [0.4, 0.5) is 0 Å². The van der Waals surface area contributed by atoms with Crippen molar-refractivity contribution < 1.29 is 9.53 Å². The van der Waals surface area contributed by atoms with E-state index in [1.807, 2.05) is 13.0 Å². The fourth-order valence-corrected chi connectivity index (χ4v) is 0.672. The molecule has 3 nitrogen and oxygen atoms in total. The smallest absolute Gasteiger partial charge is 0.348 e. The van der Waals surface area contributed by atoms with Crippen molar-refractivity contribution in [3.8, 4) is 6.07 Å². The largest absolute Gasteiger partial charge is 0.462 e. The number of esters is 1. The zero-order valence-electron chi connectivity index (χ0n) is 7.46. The van der Waals surface area contributed by atoms with Crippen molar-refractivity contribution in [2.45, 2.75) is 26.7 Å². The standard InChI is InChI=1S/C9H13NO2/c1-3-5-6-8(7-10)9(11)12-4-2/h6H,3-5H2,1-2H3/b8-6-. The van der Waals surface area contributed by atoms with Gasteiger partial charge in [-0.05, 0) is 13.3 Å². The molecule has 12 heavy (non-hydrogen) atoms. The molecular weight excluding hydrogens is 154 g/mol. The van der Waals surface area contributed by atoms with Crippen molar-refractivity contribution >= 4 is 5.97 Å². The second-order valence-corrected chi connectivity index (χ2v) is 2.24. The summed E-state index contributed by atoms with van der Waals surface area (Å²) in [6.45, 7) is 4.01. The van der Waals surface area contributed by atoms with E-state index in [-0.39, 0.29) is 5.57 Å². The number of unbranched alkanes of at least 4 members (excludes halogenated alkanes) is 1. The Hall–Kier alpha value is -1.30. The Kier molecular flexibility index (Phi) is 5.72. The Labute approximate surface area is 72.6 Å². The molecule has 0 saturated carbocycles. The Balaban J connectivity index is 4.16. The highest BCUT2D eigenvalue weighted by atomic mass is 16.5. The van der Waals surface area contributed by atoms with Crippen molar-refractivity contribution in [1.82, 2.24) is 0 Å². The second kappa shape index (κ2) is 6.41. The molecule has 0 saturated heterocycles. The van der Waals surface area contributed by atoms with Crippen LogP contribution in [0.15, 0.2) is 11.6 Å². The maximum absolute atomic E-state index is 11.0. The lowest BCUT2D eigenvalue weighted by Gasteiger charge is -1.98. The van der Waals surface area contributed by atoms with Gasteiger partial charge in [-0.15, -0.1) is 0 Å². The van der Waals surface area contributed by atoms with Crippen LogP contribution in [-0.4, -0.2) is 12.6 Å². The van der Waals surface area contributed by atoms with Crippen LogP contribution in [0.25, 0.3) is 0 Å². The summed E-state index contributed by atoms with van der Waals surface area (Å²) in [5.41, 5.74) is 0.110. The van der Waals surface area contributed by atoms with Gasteiger partial charge in [-0.1, -0.05) is 19.4 Å². The molecule has 0 heterocycles. The van der Waals surface area contributed by atoms with E-state index in [1.165, 1.54) is 0 Å². The summed E-state index contributed by atoms with van der Waals surface area (Å²) in [5, 5.41) is 8.53. The van der Waals surface area contributed by atoms with Gasteiger partial charge in [0.2, 0.25) is 0 Å². The highest BCUT2D eigenvalue weighted by molar-refractivity contribution is 5.92. The molecule has 0 rings (SSSR count). The minimum atomic E-state index is -0.520. The van der Waals surface area contributed by atoms with Gasteiger partial charge in [0.25, 0.3) is 0 Å². The topological polar surface area (TPSA) is 50.1 Å². The van der Waals surface area contributed by atoms with Gasteiger partial charge in [-0.25, -0.2) is 4.79 Å². The first-order valence-electron chi connectivity index (χ1n) is 4.03. The van der Waals surface area contributed by atoms with Crippen molar-refractivity contribution in [3.05, 3.63) is 11.6 Å². The Morgan fingerprint density at radius 2 is 2.25 bits per heavy atom. The molecule has 0 atom stereocenters. The van der Waals surface area contributed by atoms with E-state index in [4.69, 9.17) is 5.26 Å². The van der Waals surface area contributed by atoms with Crippen LogP contribution in [0.5, 0.6) is 0 Å². The summed E-state index contributed by atoms with van der Waals surface area (Å²) in [6, 6.07) is 1.81. The van der Waals surface area contributed by atoms with Crippen molar-refractivity contribution in [3.63, 3.8) is 0 Å². The summed E-state index contributed by atoms with van der Waals surface area (Å²) in [4.78, 5) is 11.0. The summed E-state index contributed by atoms with van der Waals surface area (Å²) in [7, 11) is 0. The predicted octanol–water partition coefficient (Wildman–Crippen LogP) is 1.80. The van der Waals surface area contributed by atoms with E-state index >= 15 is 0 Å². The SMILES string of the molecule is CCC/C=C(/C#N)C(=O)OCC. The average molecular weight is 167 g/mol. The fourth-order valence-electron chi connectivity index (χ4n) is 0.672.